The molecule has 1 heterocycles. The molecule has 1 saturated carbocycles. The summed E-state index contributed by atoms with van der Waals surface area (Å²) in [5.74, 6) is -0.608. The summed E-state index contributed by atoms with van der Waals surface area (Å²) in [5.41, 5.74) is 0. The molecular weight excluding hydrogens is 248 g/mol. The summed E-state index contributed by atoms with van der Waals surface area (Å²) >= 11 is 1.14. The van der Waals surface area contributed by atoms with Crippen molar-refractivity contribution in [2.45, 2.75) is 28.7 Å². The molecule has 0 N–H and O–H groups in total. The van der Waals surface area contributed by atoms with E-state index >= 15 is 0 Å². The summed E-state index contributed by atoms with van der Waals surface area (Å²) in [7, 11) is -3.56. The van der Waals surface area contributed by atoms with Gasteiger partial charge in [-0.15, -0.1) is 11.3 Å². The SMILES string of the molecule is CCOC(=O)C1(S(=O)(=O)c2cccs2)CC1. The summed E-state index contributed by atoms with van der Waals surface area (Å²) in [6.45, 7) is 1.88. The van der Waals surface area contributed by atoms with Crippen molar-refractivity contribution in [2.75, 3.05) is 6.61 Å². The summed E-state index contributed by atoms with van der Waals surface area (Å²) in [4.78, 5) is 11.7. The first-order valence-corrected chi connectivity index (χ1v) is 7.36. The van der Waals surface area contributed by atoms with Gasteiger partial charge in [0.1, 0.15) is 4.21 Å². The molecule has 0 spiro atoms. The first-order chi connectivity index (χ1) is 7.54. The van der Waals surface area contributed by atoms with Crippen LogP contribution in [0.5, 0.6) is 0 Å². The van der Waals surface area contributed by atoms with Gasteiger partial charge in [0, 0.05) is 0 Å². The standard InChI is InChI=1S/C10H12O4S2/c1-2-14-9(11)10(5-6-10)16(12,13)8-4-3-7-15-8/h3-4,7H,2,5-6H2,1H3. The zero-order chi connectivity index (χ0) is 11.8. The predicted octanol–water partition coefficient (Wildman–Crippen LogP) is 1.62. The van der Waals surface area contributed by atoms with E-state index < -0.39 is 20.6 Å². The Balaban J connectivity index is 2.35. The van der Waals surface area contributed by atoms with Crippen molar-refractivity contribution in [3.05, 3.63) is 17.5 Å². The number of hydrogen-bond acceptors (Lipinski definition) is 5. The molecular formula is C10H12O4S2. The second-order valence-electron chi connectivity index (χ2n) is 3.65. The van der Waals surface area contributed by atoms with Gasteiger partial charge in [-0.3, -0.25) is 4.79 Å². The molecule has 6 heteroatoms. The molecule has 1 aliphatic carbocycles. The van der Waals surface area contributed by atoms with Crippen molar-refractivity contribution in [1.82, 2.24) is 0 Å². The lowest BCUT2D eigenvalue weighted by molar-refractivity contribution is -0.143. The minimum atomic E-state index is -3.56. The molecule has 2 rings (SSSR count). The second kappa shape index (κ2) is 3.85. The Morgan fingerprint density at radius 2 is 2.25 bits per heavy atom. The molecule has 0 radical (unpaired) electrons. The smallest absolute Gasteiger partial charge is 0.327 e. The zero-order valence-electron chi connectivity index (χ0n) is 8.80. The molecule has 1 aliphatic rings. The molecule has 1 aromatic rings. The number of hydrogen-bond donors (Lipinski definition) is 0. The largest absolute Gasteiger partial charge is 0.465 e. The quantitative estimate of drug-likeness (QED) is 0.772. The van der Waals surface area contributed by atoms with Gasteiger partial charge in [-0.05, 0) is 31.2 Å². The van der Waals surface area contributed by atoms with Gasteiger partial charge in [0.15, 0.2) is 4.75 Å². The Kier molecular flexibility index (Phi) is 2.79. The lowest BCUT2D eigenvalue weighted by atomic mass is 10.4. The highest BCUT2D eigenvalue weighted by Crippen LogP contribution is 2.48. The van der Waals surface area contributed by atoms with E-state index in [-0.39, 0.29) is 10.8 Å². The van der Waals surface area contributed by atoms with Crippen molar-refractivity contribution in [2.24, 2.45) is 0 Å². The summed E-state index contributed by atoms with van der Waals surface area (Å²) in [5, 5.41) is 1.69. The fourth-order valence-corrected chi connectivity index (χ4v) is 4.73. The minimum Gasteiger partial charge on any atom is -0.465 e. The highest BCUT2D eigenvalue weighted by molar-refractivity contribution is 7.95. The van der Waals surface area contributed by atoms with Gasteiger partial charge in [-0.1, -0.05) is 6.07 Å². The van der Waals surface area contributed by atoms with Gasteiger partial charge in [-0.25, -0.2) is 8.42 Å². The molecule has 0 amide bonds. The molecule has 0 unspecified atom stereocenters. The lowest BCUT2D eigenvalue weighted by Gasteiger charge is -2.13. The fourth-order valence-electron chi connectivity index (χ4n) is 1.57. The Labute approximate surface area is 98.2 Å². The van der Waals surface area contributed by atoms with Crippen molar-refractivity contribution in [3.63, 3.8) is 0 Å². The molecule has 0 bridgehead atoms. The molecule has 0 atom stereocenters. The Morgan fingerprint density at radius 3 is 2.69 bits per heavy atom. The second-order valence-corrected chi connectivity index (χ2v) is 7.08. The maximum absolute atomic E-state index is 12.2. The van der Waals surface area contributed by atoms with Crippen molar-refractivity contribution < 1.29 is 17.9 Å². The van der Waals surface area contributed by atoms with Crippen LogP contribution in [0, 0.1) is 0 Å². The van der Waals surface area contributed by atoms with Crippen LogP contribution in [0.4, 0.5) is 0 Å². The number of rotatable bonds is 4. The summed E-state index contributed by atoms with van der Waals surface area (Å²) in [6.07, 6.45) is 0.734. The first kappa shape index (κ1) is 11.6. The third kappa shape index (κ3) is 1.56. The van der Waals surface area contributed by atoms with E-state index in [9.17, 15) is 13.2 Å². The van der Waals surface area contributed by atoms with Crippen LogP contribution in [-0.4, -0.2) is 25.7 Å². The highest BCUT2D eigenvalue weighted by Gasteiger charge is 2.62. The van der Waals surface area contributed by atoms with Crippen LogP contribution in [0.2, 0.25) is 0 Å². The molecule has 1 aromatic heterocycles. The van der Waals surface area contributed by atoms with Crippen LogP contribution in [-0.2, 0) is 19.4 Å². The average Bonchev–Trinajstić information content (AvgIpc) is 2.87. The Morgan fingerprint density at radius 1 is 1.56 bits per heavy atom. The number of esters is 1. The number of carbonyl (C=O) groups excluding carboxylic acids is 1. The van der Waals surface area contributed by atoms with Crippen LogP contribution in [0.25, 0.3) is 0 Å². The normalized spacial score (nSPS) is 18.1. The van der Waals surface area contributed by atoms with E-state index in [1.54, 1.807) is 18.4 Å². The molecule has 0 saturated heterocycles. The molecule has 88 valence electrons. The molecule has 4 nitrogen and oxygen atoms in total. The van der Waals surface area contributed by atoms with Gasteiger partial charge in [0.2, 0.25) is 9.84 Å². The lowest BCUT2D eigenvalue weighted by Crippen LogP contribution is -2.34. The van der Waals surface area contributed by atoms with E-state index in [2.05, 4.69) is 0 Å². The van der Waals surface area contributed by atoms with Crippen molar-refractivity contribution >= 4 is 27.1 Å². The molecule has 0 aliphatic heterocycles. The van der Waals surface area contributed by atoms with Gasteiger partial charge < -0.3 is 4.74 Å². The maximum atomic E-state index is 12.2. The highest BCUT2D eigenvalue weighted by atomic mass is 32.2. The van der Waals surface area contributed by atoms with E-state index in [4.69, 9.17) is 4.74 Å². The minimum absolute atomic E-state index is 0.209. The van der Waals surface area contributed by atoms with Crippen molar-refractivity contribution in [1.29, 1.82) is 0 Å². The van der Waals surface area contributed by atoms with Gasteiger partial charge >= 0.3 is 5.97 Å². The number of sulfone groups is 1. The monoisotopic (exact) mass is 260 g/mol. The maximum Gasteiger partial charge on any atom is 0.327 e. The van der Waals surface area contributed by atoms with Gasteiger partial charge in [0.25, 0.3) is 0 Å². The van der Waals surface area contributed by atoms with Crippen LogP contribution >= 0.6 is 11.3 Å². The predicted molar refractivity (Wildman–Crippen MR) is 60.1 cm³/mol. The van der Waals surface area contributed by atoms with Crippen LogP contribution < -0.4 is 0 Å². The fraction of sp³-hybridized carbons (Fsp3) is 0.500. The van der Waals surface area contributed by atoms with E-state index in [0.717, 1.165) is 11.3 Å². The number of thiophene rings is 1. The van der Waals surface area contributed by atoms with E-state index in [1.165, 1.54) is 6.07 Å². The van der Waals surface area contributed by atoms with Gasteiger partial charge in [0.05, 0.1) is 6.61 Å². The third-order valence-corrected chi connectivity index (χ3v) is 6.50. The molecule has 0 aromatic carbocycles. The average molecular weight is 260 g/mol. The van der Waals surface area contributed by atoms with Crippen molar-refractivity contribution in [3.8, 4) is 0 Å². The first-order valence-electron chi connectivity index (χ1n) is 5.00. The van der Waals surface area contributed by atoms with Crippen LogP contribution in [0.3, 0.4) is 0 Å². The Hall–Kier alpha value is -0.880. The van der Waals surface area contributed by atoms with E-state index in [1.807, 2.05) is 0 Å². The topological polar surface area (TPSA) is 60.4 Å². The van der Waals surface area contributed by atoms with E-state index in [0.29, 0.717) is 12.8 Å². The van der Waals surface area contributed by atoms with Crippen LogP contribution in [0.1, 0.15) is 19.8 Å². The Bertz CT molecular complexity index is 483. The molecule has 16 heavy (non-hydrogen) atoms. The zero-order valence-corrected chi connectivity index (χ0v) is 10.4. The molecule has 1 fully saturated rings. The third-order valence-electron chi connectivity index (χ3n) is 2.63. The number of carbonyl (C=O) groups is 1. The summed E-state index contributed by atoms with van der Waals surface area (Å²) < 4.78 is 28.2. The number of ether oxygens (including phenoxy) is 1. The summed E-state index contributed by atoms with van der Waals surface area (Å²) in [6, 6.07) is 3.19. The van der Waals surface area contributed by atoms with Gasteiger partial charge in [-0.2, -0.15) is 0 Å². The van der Waals surface area contributed by atoms with Crippen LogP contribution in [0.15, 0.2) is 21.7 Å².